The van der Waals surface area contributed by atoms with Gasteiger partial charge in [0.05, 0.1) is 0 Å². The van der Waals surface area contributed by atoms with Crippen LogP contribution in [-0.4, -0.2) is 37.1 Å². The maximum absolute atomic E-state index is 11.9. The molecule has 0 aromatic rings. The highest BCUT2D eigenvalue weighted by Crippen LogP contribution is 2.15. The smallest absolute Gasteiger partial charge is 0.410 e. The van der Waals surface area contributed by atoms with Gasteiger partial charge in [-0.1, -0.05) is 13.8 Å². The molecular weight excluding hydrogens is 168 g/mol. The van der Waals surface area contributed by atoms with Crippen molar-refractivity contribution in [1.29, 1.82) is 0 Å². The normalized spacial score (nSPS) is 22.0. The zero-order valence-corrected chi connectivity index (χ0v) is 7.38. The topological polar surface area (TPSA) is 29.5 Å². The van der Waals surface area contributed by atoms with Crippen LogP contribution in [0.25, 0.3) is 0 Å². The summed E-state index contributed by atoms with van der Waals surface area (Å²) < 4.78 is 28.1. The summed E-state index contributed by atoms with van der Waals surface area (Å²) in [6, 6.07) is -1.06. The minimum absolute atomic E-state index is 0.201. The van der Waals surface area contributed by atoms with Crippen molar-refractivity contribution >= 4 is 6.09 Å². The molecule has 0 N–H and O–H groups in total. The van der Waals surface area contributed by atoms with Gasteiger partial charge in [0, 0.05) is 7.05 Å². The minimum Gasteiger partial charge on any atom is -0.447 e. The Kier molecular flexibility index (Phi) is 4.54. The largest absolute Gasteiger partial charge is 0.447 e. The highest BCUT2D eigenvalue weighted by atomic mass is 19.3. The zero-order chi connectivity index (χ0) is 9.72. The van der Waals surface area contributed by atoms with Crippen LogP contribution in [0.1, 0.15) is 13.8 Å². The number of nitrogens with zero attached hydrogens (tertiary/aromatic N) is 1. The van der Waals surface area contributed by atoms with E-state index in [4.69, 9.17) is 0 Å². The quantitative estimate of drug-likeness (QED) is 0.616. The molecule has 0 saturated carbocycles. The summed E-state index contributed by atoms with van der Waals surface area (Å²) in [6.07, 6.45) is -3.19. The highest BCUT2D eigenvalue weighted by molar-refractivity contribution is 5.69. The summed E-state index contributed by atoms with van der Waals surface area (Å²) in [5, 5.41) is 0. The van der Waals surface area contributed by atoms with Gasteiger partial charge < -0.3 is 4.74 Å². The van der Waals surface area contributed by atoms with Gasteiger partial charge in [-0.2, -0.15) is 0 Å². The van der Waals surface area contributed by atoms with E-state index < -0.39 is 18.6 Å². The number of rotatable bonds is 1. The average molecular weight is 181 g/mol. The first kappa shape index (κ1) is 11.1. The van der Waals surface area contributed by atoms with E-state index >= 15 is 0 Å². The summed E-state index contributed by atoms with van der Waals surface area (Å²) in [5.41, 5.74) is 0. The van der Waals surface area contributed by atoms with Gasteiger partial charge in [-0.05, 0) is 0 Å². The van der Waals surface area contributed by atoms with Crippen molar-refractivity contribution in [2.75, 3.05) is 13.7 Å². The van der Waals surface area contributed by atoms with Crippen molar-refractivity contribution < 1.29 is 18.3 Å². The Morgan fingerprint density at radius 3 is 2.25 bits per heavy atom. The lowest BCUT2D eigenvalue weighted by Crippen LogP contribution is -2.35. The summed E-state index contributed by atoms with van der Waals surface area (Å²) in [5.74, 6) is 0. The molecule has 1 amide bonds. The zero-order valence-electron chi connectivity index (χ0n) is 7.38. The van der Waals surface area contributed by atoms with Gasteiger partial charge >= 0.3 is 6.09 Å². The lowest BCUT2D eigenvalue weighted by Gasteiger charge is -2.13. The van der Waals surface area contributed by atoms with Crippen LogP contribution in [0.4, 0.5) is 13.6 Å². The van der Waals surface area contributed by atoms with E-state index in [1.165, 1.54) is 7.05 Å². The monoisotopic (exact) mass is 181 g/mol. The molecule has 1 fully saturated rings. The molecule has 1 heterocycles. The molecule has 1 aliphatic rings. The predicted octanol–water partition coefficient (Wildman–Crippen LogP) is 1.73. The van der Waals surface area contributed by atoms with Gasteiger partial charge in [0.2, 0.25) is 0 Å². The van der Waals surface area contributed by atoms with Crippen LogP contribution in [0.2, 0.25) is 0 Å². The molecule has 1 rings (SSSR count). The van der Waals surface area contributed by atoms with Gasteiger partial charge in [-0.3, -0.25) is 4.90 Å². The first-order valence-corrected chi connectivity index (χ1v) is 3.80. The standard InChI is InChI=1S/C5H7F2NO2.C2H6/c1-8-3(4(6)7)2-10-5(8)9;1-2/h3-4H,2H2,1H3;1-2H3. The molecule has 1 saturated heterocycles. The summed E-state index contributed by atoms with van der Waals surface area (Å²) in [7, 11) is 1.30. The third-order valence-corrected chi connectivity index (χ3v) is 1.45. The molecule has 0 aromatic carbocycles. The minimum atomic E-state index is -2.52. The van der Waals surface area contributed by atoms with Crippen LogP contribution in [0.15, 0.2) is 0 Å². The Labute approximate surface area is 70.3 Å². The molecule has 1 atom stereocenters. The number of likely N-dealkylation sites (N-methyl/N-ethyl adjacent to an activating group) is 1. The van der Waals surface area contributed by atoms with E-state index in [0.717, 1.165) is 4.90 Å². The molecule has 12 heavy (non-hydrogen) atoms. The number of hydrogen-bond donors (Lipinski definition) is 0. The van der Waals surface area contributed by atoms with E-state index in [1.807, 2.05) is 13.8 Å². The molecule has 1 aliphatic heterocycles. The van der Waals surface area contributed by atoms with E-state index in [1.54, 1.807) is 0 Å². The van der Waals surface area contributed by atoms with Crippen LogP contribution in [0.5, 0.6) is 0 Å². The number of alkyl halides is 2. The molecule has 0 aliphatic carbocycles. The van der Waals surface area contributed by atoms with Crippen LogP contribution in [0, 0.1) is 0 Å². The molecule has 0 aromatic heterocycles. The molecule has 0 radical (unpaired) electrons. The molecule has 0 spiro atoms. The number of carbonyl (C=O) groups is 1. The van der Waals surface area contributed by atoms with Crippen molar-refractivity contribution in [3.8, 4) is 0 Å². The fourth-order valence-electron chi connectivity index (χ4n) is 0.747. The number of halogens is 2. The first-order valence-electron chi connectivity index (χ1n) is 3.80. The maximum Gasteiger partial charge on any atom is 0.410 e. The average Bonchev–Trinajstić information content (AvgIpc) is 2.37. The van der Waals surface area contributed by atoms with E-state index in [0.29, 0.717) is 0 Å². The lowest BCUT2D eigenvalue weighted by molar-refractivity contribution is 0.0680. The van der Waals surface area contributed by atoms with Crippen molar-refractivity contribution in [2.24, 2.45) is 0 Å². The summed E-state index contributed by atoms with van der Waals surface area (Å²) in [4.78, 5) is 11.4. The predicted molar refractivity (Wildman–Crippen MR) is 40.3 cm³/mol. The second kappa shape index (κ2) is 4.90. The number of ether oxygens (including phenoxy) is 1. The molecule has 1 unspecified atom stereocenters. The van der Waals surface area contributed by atoms with Gasteiger partial charge in [0.15, 0.2) is 0 Å². The van der Waals surface area contributed by atoms with E-state index in [-0.39, 0.29) is 6.61 Å². The van der Waals surface area contributed by atoms with Gasteiger partial charge in [0.1, 0.15) is 12.6 Å². The third kappa shape index (κ3) is 2.32. The van der Waals surface area contributed by atoms with Crippen molar-refractivity contribution in [2.45, 2.75) is 26.3 Å². The molecule has 0 bridgehead atoms. The number of cyclic esters (lactones) is 1. The van der Waals surface area contributed by atoms with Crippen LogP contribution < -0.4 is 0 Å². The molecule has 5 heteroatoms. The SMILES string of the molecule is CC.CN1C(=O)OCC1C(F)F. The molecule has 72 valence electrons. The van der Waals surface area contributed by atoms with Crippen molar-refractivity contribution in [1.82, 2.24) is 4.90 Å². The Balaban J connectivity index is 0.000000561. The second-order valence-electron chi connectivity index (χ2n) is 2.09. The van der Waals surface area contributed by atoms with Crippen LogP contribution >= 0.6 is 0 Å². The number of carbonyl (C=O) groups excluding carboxylic acids is 1. The van der Waals surface area contributed by atoms with E-state index in [2.05, 4.69) is 4.74 Å². The lowest BCUT2D eigenvalue weighted by atomic mass is 10.3. The summed E-state index contributed by atoms with van der Waals surface area (Å²) in [6.45, 7) is 3.80. The first-order chi connectivity index (χ1) is 5.63. The third-order valence-electron chi connectivity index (χ3n) is 1.45. The van der Waals surface area contributed by atoms with Gasteiger partial charge in [-0.15, -0.1) is 0 Å². The Bertz CT molecular complexity index is 152. The number of hydrogen-bond acceptors (Lipinski definition) is 2. The van der Waals surface area contributed by atoms with Crippen LogP contribution in [-0.2, 0) is 4.74 Å². The fourth-order valence-corrected chi connectivity index (χ4v) is 0.747. The molecular formula is C7H13F2NO2. The second-order valence-corrected chi connectivity index (χ2v) is 2.09. The molecule has 3 nitrogen and oxygen atoms in total. The Morgan fingerprint density at radius 1 is 1.58 bits per heavy atom. The van der Waals surface area contributed by atoms with Crippen molar-refractivity contribution in [3.05, 3.63) is 0 Å². The van der Waals surface area contributed by atoms with Gasteiger partial charge in [-0.25, -0.2) is 13.6 Å². The van der Waals surface area contributed by atoms with Crippen LogP contribution in [0.3, 0.4) is 0 Å². The maximum atomic E-state index is 11.9. The Morgan fingerprint density at radius 2 is 2.08 bits per heavy atom. The van der Waals surface area contributed by atoms with Crippen molar-refractivity contribution in [3.63, 3.8) is 0 Å². The van der Waals surface area contributed by atoms with E-state index in [9.17, 15) is 13.6 Å². The summed E-state index contributed by atoms with van der Waals surface area (Å²) >= 11 is 0. The number of amides is 1. The highest BCUT2D eigenvalue weighted by Gasteiger charge is 2.36. The fraction of sp³-hybridized carbons (Fsp3) is 0.857. The van der Waals surface area contributed by atoms with Gasteiger partial charge in [0.25, 0.3) is 6.43 Å². The Hall–Kier alpha value is -0.870.